The Morgan fingerprint density at radius 3 is 2.25 bits per heavy atom. The standard InChI is InChI=1S/C7H13NO4/c1-3-11-6(9)5(8)7(10)12-4-2/h9H,3-4,8H2,1-2H3/b6-5+. The smallest absolute Gasteiger partial charge is 0.361 e. The van der Waals surface area contributed by atoms with Gasteiger partial charge in [-0.3, -0.25) is 0 Å². The molecule has 0 saturated carbocycles. The van der Waals surface area contributed by atoms with Gasteiger partial charge in [-0.25, -0.2) is 4.79 Å². The van der Waals surface area contributed by atoms with Crippen LogP contribution in [0.2, 0.25) is 0 Å². The highest BCUT2D eigenvalue weighted by atomic mass is 16.6. The summed E-state index contributed by atoms with van der Waals surface area (Å²) in [7, 11) is 0. The van der Waals surface area contributed by atoms with E-state index < -0.39 is 17.6 Å². The van der Waals surface area contributed by atoms with Gasteiger partial charge in [0.2, 0.25) is 0 Å². The predicted molar refractivity (Wildman–Crippen MR) is 42.1 cm³/mol. The summed E-state index contributed by atoms with van der Waals surface area (Å²) in [6.07, 6.45) is 0. The van der Waals surface area contributed by atoms with Crippen molar-refractivity contribution in [1.82, 2.24) is 0 Å². The lowest BCUT2D eigenvalue weighted by Crippen LogP contribution is -2.18. The van der Waals surface area contributed by atoms with Crippen molar-refractivity contribution in [2.24, 2.45) is 5.73 Å². The molecule has 0 aromatic heterocycles. The van der Waals surface area contributed by atoms with E-state index in [-0.39, 0.29) is 13.2 Å². The van der Waals surface area contributed by atoms with Gasteiger partial charge in [0.1, 0.15) is 0 Å². The first-order chi connectivity index (χ1) is 5.63. The Morgan fingerprint density at radius 2 is 1.83 bits per heavy atom. The fourth-order valence-electron chi connectivity index (χ4n) is 0.511. The summed E-state index contributed by atoms with van der Waals surface area (Å²) in [5.74, 6) is -1.36. The van der Waals surface area contributed by atoms with E-state index in [1.807, 2.05) is 0 Å². The van der Waals surface area contributed by atoms with Gasteiger partial charge in [-0.1, -0.05) is 0 Å². The van der Waals surface area contributed by atoms with Gasteiger partial charge in [0.25, 0.3) is 0 Å². The van der Waals surface area contributed by atoms with Gasteiger partial charge in [-0.2, -0.15) is 0 Å². The molecule has 70 valence electrons. The molecule has 0 rings (SSSR count). The van der Waals surface area contributed by atoms with Crippen LogP contribution in [0.5, 0.6) is 0 Å². The number of ether oxygens (including phenoxy) is 2. The summed E-state index contributed by atoms with van der Waals surface area (Å²) >= 11 is 0. The summed E-state index contributed by atoms with van der Waals surface area (Å²) < 4.78 is 9.09. The Labute approximate surface area is 70.8 Å². The number of carbonyl (C=O) groups is 1. The van der Waals surface area contributed by atoms with Gasteiger partial charge in [0.05, 0.1) is 13.2 Å². The first kappa shape index (κ1) is 10.6. The van der Waals surface area contributed by atoms with E-state index in [0.29, 0.717) is 0 Å². The molecule has 0 spiro atoms. The van der Waals surface area contributed by atoms with Crippen LogP contribution < -0.4 is 5.73 Å². The van der Waals surface area contributed by atoms with E-state index in [2.05, 4.69) is 9.47 Å². The van der Waals surface area contributed by atoms with E-state index >= 15 is 0 Å². The van der Waals surface area contributed by atoms with Crippen LogP contribution in [0.25, 0.3) is 0 Å². The number of nitrogens with two attached hydrogens (primary N) is 1. The molecule has 0 amide bonds. The van der Waals surface area contributed by atoms with Gasteiger partial charge in [-0.15, -0.1) is 0 Å². The van der Waals surface area contributed by atoms with Gasteiger partial charge >= 0.3 is 11.9 Å². The molecule has 12 heavy (non-hydrogen) atoms. The minimum Gasteiger partial charge on any atom is -0.479 e. The maximum atomic E-state index is 10.8. The van der Waals surface area contributed by atoms with Crippen LogP contribution in [0, 0.1) is 0 Å². The zero-order valence-corrected chi connectivity index (χ0v) is 7.16. The molecule has 0 fully saturated rings. The number of hydrogen-bond acceptors (Lipinski definition) is 5. The third kappa shape index (κ3) is 3.14. The average molecular weight is 175 g/mol. The van der Waals surface area contributed by atoms with Crippen LogP contribution in [0.1, 0.15) is 13.8 Å². The molecule has 0 aromatic carbocycles. The van der Waals surface area contributed by atoms with Crippen molar-refractivity contribution in [1.29, 1.82) is 0 Å². The summed E-state index contributed by atoms with van der Waals surface area (Å²) in [6, 6.07) is 0. The molecule has 5 heteroatoms. The Kier molecular flexibility index (Phi) is 4.67. The van der Waals surface area contributed by atoms with E-state index in [0.717, 1.165) is 0 Å². The number of hydrogen-bond donors (Lipinski definition) is 2. The van der Waals surface area contributed by atoms with Gasteiger partial charge in [0, 0.05) is 0 Å². The molecule has 3 N–H and O–H groups in total. The second-order valence-corrected chi connectivity index (χ2v) is 1.87. The SMILES string of the molecule is CCOC(=O)/C(N)=C(/O)OCC. The monoisotopic (exact) mass is 175 g/mol. The lowest BCUT2D eigenvalue weighted by molar-refractivity contribution is -0.139. The first-order valence-corrected chi connectivity index (χ1v) is 3.62. The minimum atomic E-state index is -0.775. The van der Waals surface area contributed by atoms with Crippen molar-refractivity contribution in [3.63, 3.8) is 0 Å². The topological polar surface area (TPSA) is 81.8 Å². The fourth-order valence-corrected chi connectivity index (χ4v) is 0.511. The predicted octanol–water partition coefficient (Wildman–Crippen LogP) is 0.272. The zero-order valence-electron chi connectivity index (χ0n) is 7.16. The van der Waals surface area contributed by atoms with Crippen LogP contribution in [0.3, 0.4) is 0 Å². The maximum absolute atomic E-state index is 10.8. The third-order valence-corrected chi connectivity index (χ3v) is 1.01. The molecule has 0 aliphatic carbocycles. The Bertz CT molecular complexity index is 188. The first-order valence-electron chi connectivity index (χ1n) is 3.62. The molecule has 0 atom stereocenters. The maximum Gasteiger partial charge on any atom is 0.361 e. The summed E-state index contributed by atoms with van der Waals surface area (Å²) in [5, 5.41) is 8.95. The van der Waals surface area contributed by atoms with Crippen LogP contribution in [0.4, 0.5) is 0 Å². The van der Waals surface area contributed by atoms with Crippen molar-refractivity contribution < 1.29 is 19.4 Å². The van der Waals surface area contributed by atoms with Crippen molar-refractivity contribution in [3.05, 3.63) is 11.6 Å². The van der Waals surface area contributed by atoms with E-state index in [4.69, 9.17) is 10.8 Å². The highest BCUT2D eigenvalue weighted by molar-refractivity contribution is 5.87. The Balaban J connectivity index is 4.22. The van der Waals surface area contributed by atoms with Gasteiger partial charge < -0.3 is 20.3 Å². The molecule has 0 aliphatic rings. The van der Waals surface area contributed by atoms with Crippen LogP contribution in [-0.2, 0) is 14.3 Å². The van der Waals surface area contributed by atoms with Crippen LogP contribution in [-0.4, -0.2) is 24.3 Å². The quantitative estimate of drug-likeness (QED) is 0.364. The van der Waals surface area contributed by atoms with E-state index in [1.54, 1.807) is 13.8 Å². The second-order valence-electron chi connectivity index (χ2n) is 1.87. The lowest BCUT2D eigenvalue weighted by Gasteiger charge is -2.04. The molecule has 0 heterocycles. The molecular weight excluding hydrogens is 162 g/mol. The number of carbonyl (C=O) groups excluding carboxylic acids is 1. The summed E-state index contributed by atoms with van der Waals surface area (Å²) in [6.45, 7) is 3.75. The van der Waals surface area contributed by atoms with Crippen molar-refractivity contribution in [2.45, 2.75) is 13.8 Å². The number of esters is 1. The van der Waals surface area contributed by atoms with Gasteiger partial charge in [-0.05, 0) is 13.8 Å². The minimum absolute atomic E-state index is 0.207. The Morgan fingerprint density at radius 1 is 1.33 bits per heavy atom. The fraction of sp³-hybridized carbons (Fsp3) is 0.571. The summed E-state index contributed by atoms with van der Waals surface area (Å²) in [5.41, 5.74) is 4.76. The van der Waals surface area contributed by atoms with Crippen molar-refractivity contribution in [3.8, 4) is 0 Å². The molecule has 0 saturated heterocycles. The highest BCUT2D eigenvalue weighted by Crippen LogP contribution is 1.98. The van der Waals surface area contributed by atoms with Crippen LogP contribution in [0.15, 0.2) is 11.6 Å². The summed E-state index contributed by atoms with van der Waals surface area (Å²) in [4.78, 5) is 10.8. The van der Waals surface area contributed by atoms with Crippen LogP contribution >= 0.6 is 0 Å². The molecule has 0 bridgehead atoms. The van der Waals surface area contributed by atoms with Crippen molar-refractivity contribution >= 4 is 5.97 Å². The molecule has 5 nitrogen and oxygen atoms in total. The largest absolute Gasteiger partial charge is 0.479 e. The average Bonchev–Trinajstić information content (AvgIpc) is 2.04. The highest BCUT2D eigenvalue weighted by Gasteiger charge is 2.12. The molecule has 0 aliphatic heterocycles. The van der Waals surface area contributed by atoms with Gasteiger partial charge in [0.15, 0.2) is 5.70 Å². The molecule has 0 unspecified atom stereocenters. The second kappa shape index (κ2) is 5.29. The van der Waals surface area contributed by atoms with E-state index in [9.17, 15) is 4.79 Å². The normalized spacial score (nSPS) is 11.8. The molecule has 0 aromatic rings. The molecular formula is C7H13NO4. The van der Waals surface area contributed by atoms with E-state index in [1.165, 1.54) is 0 Å². The number of rotatable bonds is 4. The third-order valence-electron chi connectivity index (χ3n) is 1.01. The molecule has 0 radical (unpaired) electrons. The Hall–Kier alpha value is -1.39. The number of aliphatic hydroxyl groups is 1. The zero-order chi connectivity index (χ0) is 9.56. The number of aliphatic hydroxyl groups excluding tert-OH is 1. The lowest BCUT2D eigenvalue weighted by atomic mass is 10.5. The van der Waals surface area contributed by atoms with Crippen molar-refractivity contribution in [2.75, 3.05) is 13.2 Å².